The normalized spacial score (nSPS) is 22.6. The van der Waals surface area contributed by atoms with Crippen LogP contribution >= 0.6 is 0 Å². The molecule has 0 atom stereocenters. The smallest absolute Gasteiger partial charge is 0.323 e. The molecule has 2 aliphatic rings. The van der Waals surface area contributed by atoms with Crippen LogP contribution in [-0.2, 0) is 23.8 Å². The van der Waals surface area contributed by atoms with Crippen molar-refractivity contribution >= 4 is 16.1 Å². The predicted molar refractivity (Wildman–Crippen MR) is 74.7 cm³/mol. The average molecular weight is 304 g/mol. The van der Waals surface area contributed by atoms with Gasteiger partial charge >= 0.3 is 5.97 Å². The highest BCUT2D eigenvalue weighted by atomic mass is 32.2. The molecule has 0 radical (unpaired) electrons. The van der Waals surface area contributed by atoms with Crippen molar-refractivity contribution in [1.82, 2.24) is 0 Å². The number of hydrogen-bond donors (Lipinski definition) is 0. The van der Waals surface area contributed by atoms with Gasteiger partial charge in [-0.25, -0.2) is 0 Å². The fraction of sp³-hybridized carbons (Fsp3) is 0.929. The first-order chi connectivity index (χ1) is 9.55. The lowest BCUT2D eigenvalue weighted by molar-refractivity contribution is -0.147. The van der Waals surface area contributed by atoms with Crippen LogP contribution in [0.15, 0.2) is 0 Å². The van der Waals surface area contributed by atoms with E-state index < -0.39 is 21.8 Å². The lowest BCUT2D eigenvalue weighted by Gasteiger charge is -2.23. The fourth-order valence-electron chi connectivity index (χ4n) is 2.95. The third kappa shape index (κ3) is 5.40. The van der Waals surface area contributed by atoms with Gasteiger partial charge < -0.3 is 4.74 Å². The lowest BCUT2D eigenvalue weighted by Crippen LogP contribution is -2.29. The molecule has 20 heavy (non-hydrogen) atoms. The van der Waals surface area contributed by atoms with Crippen LogP contribution in [0.25, 0.3) is 0 Å². The largest absolute Gasteiger partial charge is 0.462 e. The van der Waals surface area contributed by atoms with Crippen LogP contribution in [0.5, 0.6) is 0 Å². The van der Waals surface area contributed by atoms with Crippen LogP contribution in [0.1, 0.15) is 64.2 Å². The molecular formula is C14H24O5S. The highest BCUT2D eigenvalue weighted by molar-refractivity contribution is 7.87. The quantitative estimate of drug-likeness (QED) is 0.576. The summed E-state index contributed by atoms with van der Waals surface area (Å²) < 4.78 is 34.0. The number of esters is 1. The van der Waals surface area contributed by atoms with E-state index in [2.05, 4.69) is 0 Å². The zero-order chi connectivity index (χ0) is 14.4. The summed E-state index contributed by atoms with van der Waals surface area (Å²) in [5, 5.41) is 0. The van der Waals surface area contributed by atoms with Gasteiger partial charge in [-0.3, -0.25) is 8.98 Å². The Morgan fingerprint density at radius 2 is 1.35 bits per heavy atom. The molecule has 2 saturated carbocycles. The van der Waals surface area contributed by atoms with E-state index in [1.807, 2.05) is 0 Å². The zero-order valence-electron chi connectivity index (χ0n) is 11.9. The molecule has 116 valence electrons. The highest BCUT2D eigenvalue weighted by Crippen LogP contribution is 2.23. The van der Waals surface area contributed by atoms with Gasteiger partial charge in [-0.1, -0.05) is 25.7 Å². The van der Waals surface area contributed by atoms with E-state index in [9.17, 15) is 13.2 Å². The maximum absolute atomic E-state index is 11.8. The molecule has 0 aliphatic heterocycles. The average Bonchev–Trinajstić information content (AvgIpc) is 2.39. The summed E-state index contributed by atoms with van der Waals surface area (Å²) in [7, 11) is -3.81. The summed E-state index contributed by atoms with van der Waals surface area (Å²) in [6, 6.07) is 0. The lowest BCUT2D eigenvalue weighted by atomic mass is 9.98. The van der Waals surface area contributed by atoms with Crippen LogP contribution in [0.3, 0.4) is 0 Å². The summed E-state index contributed by atoms with van der Waals surface area (Å²) in [6.45, 7) is 0. The Kier molecular flexibility index (Phi) is 5.84. The molecule has 0 amide bonds. The third-order valence-corrected chi connectivity index (χ3v) is 5.13. The van der Waals surface area contributed by atoms with E-state index >= 15 is 0 Å². The van der Waals surface area contributed by atoms with Crippen molar-refractivity contribution in [3.05, 3.63) is 0 Å². The monoisotopic (exact) mass is 304 g/mol. The maximum atomic E-state index is 11.8. The molecule has 2 aliphatic carbocycles. The van der Waals surface area contributed by atoms with Crippen molar-refractivity contribution in [3.63, 3.8) is 0 Å². The van der Waals surface area contributed by atoms with E-state index in [1.54, 1.807) is 0 Å². The highest BCUT2D eigenvalue weighted by Gasteiger charge is 2.26. The molecule has 0 N–H and O–H groups in total. The van der Waals surface area contributed by atoms with E-state index in [0.717, 1.165) is 64.2 Å². The Bertz CT molecular complexity index is 405. The predicted octanol–water partition coefficient (Wildman–Crippen LogP) is 2.54. The molecule has 0 saturated heterocycles. The van der Waals surface area contributed by atoms with Crippen LogP contribution < -0.4 is 0 Å². The minimum atomic E-state index is -3.81. The Balaban J connectivity index is 1.76. The number of hydrogen-bond acceptors (Lipinski definition) is 5. The van der Waals surface area contributed by atoms with Crippen molar-refractivity contribution in [2.75, 3.05) is 5.75 Å². The van der Waals surface area contributed by atoms with Crippen LogP contribution in [-0.4, -0.2) is 32.3 Å². The van der Waals surface area contributed by atoms with E-state index in [4.69, 9.17) is 8.92 Å². The fourth-order valence-corrected chi connectivity index (χ4v) is 3.98. The van der Waals surface area contributed by atoms with Gasteiger partial charge in [0.1, 0.15) is 6.10 Å². The Morgan fingerprint density at radius 1 is 0.850 bits per heavy atom. The first-order valence-electron chi connectivity index (χ1n) is 7.65. The minimum Gasteiger partial charge on any atom is -0.462 e. The van der Waals surface area contributed by atoms with Gasteiger partial charge in [-0.05, 0) is 38.5 Å². The first-order valence-corrected chi connectivity index (χ1v) is 9.23. The van der Waals surface area contributed by atoms with Crippen molar-refractivity contribution in [3.8, 4) is 0 Å². The van der Waals surface area contributed by atoms with Gasteiger partial charge in [-0.15, -0.1) is 0 Å². The Morgan fingerprint density at radius 3 is 1.90 bits per heavy atom. The Hall–Kier alpha value is -0.620. The van der Waals surface area contributed by atoms with Crippen LogP contribution in [0.4, 0.5) is 0 Å². The van der Waals surface area contributed by atoms with E-state index in [1.165, 1.54) is 0 Å². The number of rotatable bonds is 5. The SMILES string of the molecule is O=C(CS(=O)(=O)OC1CCCCC1)OC1CCCCC1. The van der Waals surface area contributed by atoms with E-state index in [0.29, 0.717) is 0 Å². The van der Waals surface area contributed by atoms with Crippen LogP contribution in [0.2, 0.25) is 0 Å². The molecule has 2 fully saturated rings. The molecular weight excluding hydrogens is 280 g/mol. The van der Waals surface area contributed by atoms with Gasteiger partial charge in [0.25, 0.3) is 10.1 Å². The minimum absolute atomic E-state index is 0.110. The molecule has 0 aromatic rings. The van der Waals surface area contributed by atoms with Gasteiger partial charge in [0.15, 0.2) is 5.75 Å². The first kappa shape index (κ1) is 15.8. The zero-order valence-corrected chi connectivity index (χ0v) is 12.7. The maximum Gasteiger partial charge on any atom is 0.323 e. The number of ether oxygens (including phenoxy) is 1. The van der Waals surface area contributed by atoms with E-state index in [-0.39, 0.29) is 12.2 Å². The molecule has 2 rings (SSSR count). The molecule has 0 spiro atoms. The van der Waals surface area contributed by atoms with Gasteiger partial charge in [0.2, 0.25) is 0 Å². The molecule has 6 heteroatoms. The number of carbonyl (C=O) groups excluding carboxylic acids is 1. The molecule has 0 aromatic heterocycles. The van der Waals surface area contributed by atoms with Gasteiger partial charge in [0, 0.05) is 0 Å². The molecule has 0 bridgehead atoms. The Labute approximate surface area is 121 Å². The topological polar surface area (TPSA) is 69.7 Å². The van der Waals surface area contributed by atoms with Crippen molar-refractivity contribution < 1.29 is 22.1 Å². The summed E-state index contributed by atoms with van der Waals surface area (Å²) in [5.74, 6) is -1.33. The van der Waals surface area contributed by atoms with Crippen molar-refractivity contribution in [2.24, 2.45) is 0 Å². The molecule has 5 nitrogen and oxygen atoms in total. The summed E-state index contributed by atoms with van der Waals surface area (Å²) >= 11 is 0. The summed E-state index contributed by atoms with van der Waals surface area (Å²) in [5.41, 5.74) is 0. The third-order valence-electron chi connectivity index (χ3n) is 3.98. The van der Waals surface area contributed by atoms with Crippen LogP contribution in [0, 0.1) is 0 Å². The molecule has 0 aromatic carbocycles. The number of carbonyl (C=O) groups is 1. The summed E-state index contributed by atoms with van der Waals surface area (Å²) in [4.78, 5) is 11.7. The molecule has 0 heterocycles. The second-order valence-electron chi connectivity index (χ2n) is 5.81. The second kappa shape index (κ2) is 7.41. The molecule has 0 unspecified atom stereocenters. The van der Waals surface area contributed by atoms with Crippen molar-refractivity contribution in [2.45, 2.75) is 76.4 Å². The summed E-state index contributed by atoms with van der Waals surface area (Å²) in [6.07, 6.45) is 9.21. The second-order valence-corrected chi connectivity index (χ2v) is 7.40. The van der Waals surface area contributed by atoms with Gasteiger partial charge in [0.05, 0.1) is 6.10 Å². The van der Waals surface area contributed by atoms with Gasteiger partial charge in [-0.2, -0.15) is 8.42 Å². The standard InChI is InChI=1S/C14H24O5S/c15-14(18-12-7-3-1-4-8-12)11-20(16,17)19-13-9-5-2-6-10-13/h12-13H,1-11H2. The van der Waals surface area contributed by atoms with Crippen molar-refractivity contribution in [1.29, 1.82) is 0 Å².